The van der Waals surface area contributed by atoms with Crippen LogP contribution in [0.4, 0.5) is 54.5 Å². The third-order valence-electron chi connectivity index (χ3n) is 12.7. The van der Waals surface area contributed by atoms with Crippen molar-refractivity contribution in [2.45, 2.75) is 95.0 Å². The summed E-state index contributed by atoms with van der Waals surface area (Å²) in [6.07, 6.45) is -10.4. The molecule has 76 heavy (non-hydrogen) atoms. The summed E-state index contributed by atoms with van der Waals surface area (Å²) in [5.74, 6) is -15.8. The van der Waals surface area contributed by atoms with Gasteiger partial charge in [-0.1, -0.05) is 37.6 Å². The van der Waals surface area contributed by atoms with Crippen LogP contribution in [-0.2, 0) is 72.3 Å². The maximum Gasteiger partial charge on any atom is 0.435 e. The summed E-state index contributed by atoms with van der Waals surface area (Å²) in [4.78, 5) is 56.3. The molecule has 0 fully saturated rings. The van der Waals surface area contributed by atoms with E-state index in [4.69, 9.17) is 11.6 Å². The van der Waals surface area contributed by atoms with Crippen LogP contribution in [0.5, 0.6) is 0 Å². The number of anilines is 1. The molecule has 0 saturated heterocycles. The summed E-state index contributed by atoms with van der Waals surface area (Å²) >= 11 is 6.60. The zero-order chi connectivity index (χ0) is 57.2. The van der Waals surface area contributed by atoms with Crippen LogP contribution in [0.3, 0.4) is 0 Å². The number of carboxylic acid groups (broad SMARTS) is 2. The Morgan fingerprint density at radius 3 is 1.97 bits per heavy atom. The van der Waals surface area contributed by atoms with Crippen LogP contribution >= 0.6 is 11.6 Å². The Balaban J connectivity index is 1.66. The van der Waals surface area contributed by atoms with Crippen molar-refractivity contribution in [3.05, 3.63) is 93.0 Å². The number of benzene rings is 2. The van der Waals surface area contributed by atoms with E-state index in [0.717, 1.165) is 50.4 Å². The monoisotopic (exact) mass is 1150 g/mol. The summed E-state index contributed by atoms with van der Waals surface area (Å²) in [5, 5.41) is 27.1. The van der Waals surface area contributed by atoms with Gasteiger partial charge in [-0.05, 0) is 68.9 Å². The van der Waals surface area contributed by atoms with Gasteiger partial charge in [-0.15, -0.1) is 0 Å². The van der Waals surface area contributed by atoms with Gasteiger partial charge in [0.05, 0.1) is 38.7 Å². The SMILES string of the molecule is C[C@@H]1c2c(C(F)(F)F)nn(CC(=O)N[C@@H](Cc3cc(F)cc(F)c3)c3nc(CCC(C)(C)S(C)(=O)=O)ccc3-c3ccc(Cl)c4c(N(C(=O)N(CC(=O)O)CC(=O)O)S(C)(=O)=O)nn(CC(F)(F)F)c34)c2C(F)(F)[C@@H]1C. The lowest BCUT2D eigenvalue weighted by Crippen LogP contribution is -2.49. The predicted octanol–water partition coefficient (Wildman–Crippen LogP) is 7.87. The Bertz CT molecular complexity index is 3350. The molecular formula is C45H45ClF10N8O10S2. The van der Waals surface area contributed by atoms with E-state index in [0.29, 0.717) is 12.3 Å². The fourth-order valence-electron chi connectivity index (χ4n) is 8.62. The number of aromatic nitrogens is 5. The molecular weight excluding hydrogens is 1100 g/mol. The number of rotatable bonds is 18. The standard InChI is InChI=1S/C45H45ClF10N8O10S2/c1-21-22(2)44(52,53)39-34(21)38(45(54,55)56)59-62(39)17-31(65)58-30(15-23-13-24(47)16-25(48)14-23)36-27(8-7-26(57-36)11-12-42(3,4)75(5,71)72)28-9-10-29(46)35-37(28)63(20-43(49,50)51)60-40(35)64(76(6,73)74)41(70)61(18-32(66)67)19-33(68)69/h7-10,13-14,16,21-22,30H,11-12,15,17-20H2,1-6H3,(H,58,65)(H,66,67)(H,68,69)/t21-,22+,30-/m0/s1. The molecule has 2 aromatic carbocycles. The van der Waals surface area contributed by atoms with Crippen LogP contribution < -0.4 is 9.62 Å². The number of nitrogens with one attached hydrogen (secondary N) is 1. The van der Waals surface area contributed by atoms with Crippen LogP contribution in [0.2, 0.25) is 5.02 Å². The summed E-state index contributed by atoms with van der Waals surface area (Å²) in [6, 6.07) is 2.62. The van der Waals surface area contributed by atoms with Crippen molar-refractivity contribution in [2.75, 3.05) is 29.9 Å². The highest BCUT2D eigenvalue weighted by atomic mass is 35.5. The number of amides is 3. The van der Waals surface area contributed by atoms with E-state index in [2.05, 4.69) is 20.5 Å². The Labute approximate surface area is 430 Å². The van der Waals surface area contributed by atoms with Crippen molar-refractivity contribution >= 4 is 72.1 Å². The van der Waals surface area contributed by atoms with E-state index in [1.165, 1.54) is 19.9 Å². The van der Waals surface area contributed by atoms with E-state index >= 15 is 8.78 Å². The average molecular weight is 1150 g/mol. The molecule has 0 bridgehead atoms. The summed E-state index contributed by atoms with van der Waals surface area (Å²) in [7, 11) is -8.94. The largest absolute Gasteiger partial charge is 0.480 e. The number of hydrogen-bond donors (Lipinski definition) is 3. The average Bonchev–Trinajstić information content (AvgIpc) is 3.87. The topological polar surface area (TPSA) is 244 Å². The van der Waals surface area contributed by atoms with Gasteiger partial charge in [0.2, 0.25) is 15.9 Å². The minimum absolute atomic E-state index is 0.00381. The molecule has 31 heteroatoms. The van der Waals surface area contributed by atoms with Crippen molar-refractivity contribution in [3.63, 3.8) is 0 Å². The highest BCUT2D eigenvalue weighted by molar-refractivity contribution is 7.93. The first-order valence-electron chi connectivity index (χ1n) is 22.2. The molecule has 18 nitrogen and oxygen atoms in total. The molecule has 414 valence electrons. The maximum atomic E-state index is 15.8. The fraction of sp³-hybridized carbons (Fsp3) is 0.444. The minimum atomic E-state index is -5.29. The highest BCUT2D eigenvalue weighted by Crippen LogP contribution is 2.55. The Kier molecular flexibility index (Phi) is 16.0. The third kappa shape index (κ3) is 12.3. The lowest BCUT2D eigenvalue weighted by molar-refractivity contribution is -0.143. The van der Waals surface area contributed by atoms with E-state index in [1.807, 2.05) is 0 Å². The Hall–Kier alpha value is -6.56. The van der Waals surface area contributed by atoms with Gasteiger partial charge in [0, 0.05) is 40.6 Å². The van der Waals surface area contributed by atoms with E-state index in [-0.39, 0.29) is 48.2 Å². The molecule has 3 heterocycles. The van der Waals surface area contributed by atoms with Gasteiger partial charge in [0.1, 0.15) is 43.5 Å². The van der Waals surface area contributed by atoms with Crippen molar-refractivity contribution in [1.82, 2.24) is 34.8 Å². The Morgan fingerprint density at radius 1 is 0.868 bits per heavy atom. The molecule has 3 atom stereocenters. The Morgan fingerprint density at radius 2 is 1.45 bits per heavy atom. The second-order valence-electron chi connectivity index (χ2n) is 18.7. The normalized spacial score (nSPS) is 16.4. The van der Waals surface area contributed by atoms with Gasteiger partial charge in [-0.25, -0.2) is 30.4 Å². The predicted molar refractivity (Wildman–Crippen MR) is 250 cm³/mol. The number of carbonyl (C=O) groups excluding carboxylic acids is 2. The van der Waals surface area contributed by atoms with E-state index in [1.54, 1.807) is 0 Å². The van der Waals surface area contributed by atoms with Crippen LogP contribution in [0.15, 0.2) is 42.5 Å². The van der Waals surface area contributed by atoms with Crippen molar-refractivity contribution in [3.8, 4) is 11.1 Å². The first-order chi connectivity index (χ1) is 34.7. The van der Waals surface area contributed by atoms with Crippen LogP contribution in [0.25, 0.3) is 22.0 Å². The number of carboxylic acids is 2. The summed E-state index contributed by atoms with van der Waals surface area (Å²) in [6.45, 7) is -1.57. The number of urea groups is 1. The van der Waals surface area contributed by atoms with Crippen LogP contribution in [0.1, 0.15) is 80.0 Å². The fourth-order valence-corrected chi connectivity index (χ4v) is 10.2. The zero-order valence-electron chi connectivity index (χ0n) is 40.5. The number of alkyl halides is 8. The molecule has 3 amide bonds. The molecule has 0 aliphatic heterocycles. The number of sulfonamides is 1. The molecule has 3 aromatic heterocycles. The molecule has 0 saturated carbocycles. The first kappa shape index (κ1) is 58.7. The smallest absolute Gasteiger partial charge is 0.435 e. The van der Waals surface area contributed by atoms with Gasteiger partial charge in [0.25, 0.3) is 5.92 Å². The molecule has 6 rings (SSSR count). The van der Waals surface area contributed by atoms with E-state index in [9.17, 15) is 81.4 Å². The molecule has 5 aromatic rings. The highest BCUT2D eigenvalue weighted by Gasteiger charge is 2.57. The summed E-state index contributed by atoms with van der Waals surface area (Å²) in [5.41, 5.74) is -6.22. The molecule has 3 N–H and O–H groups in total. The van der Waals surface area contributed by atoms with Gasteiger partial charge < -0.3 is 20.4 Å². The number of hydrogen-bond acceptors (Lipinski definition) is 11. The lowest BCUT2D eigenvalue weighted by atomic mass is 9.93. The lowest BCUT2D eigenvalue weighted by Gasteiger charge is -2.26. The van der Waals surface area contributed by atoms with Crippen LogP contribution in [-0.4, -0.2) is 117 Å². The number of halogens is 11. The number of aliphatic carboxylic acids is 2. The molecule has 1 aliphatic rings. The second kappa shape index (κ2) is 20.8. The molecule has 0 unspecified atom stereocenters. The van der Waals surface area contributed by atoms with Gasteiger partial charge in [0.15, 0.2) is 21.3 Å². The molecule has 0 spiro atoms. The minimum Gasteiger partial charge on any atom is -0.480 e. The number of fused-ring (bicyclic) bond motifs is 2. The summed E-state index contributed by atoms with van der Waals surface area (Å²) < 4.78 is 199. The number of sulfone groups is 1. The van der Waals surface area contributed by atoms with Gasteiger partial charge in [-0.3, -0.25) is 28.7 Å². The number of carbonyl (C=O) groups is 4. The first-order valence-corrected chi connectivity index (χ1v) is 26.3. The van der Waals surface area contributed by atoms with Gasteiger partial charge >= 0.3 is 30.3 Å². The molecule has 0 radical (unpaired) electrons. The number of nitrogens with zero attached hydrogens (tertiary/aromatic N) is 7. The van der Waals surface area contributed by atoms with Crippen molar-refractivity contribution in [1.29, 1.82) is 0 Å². The molecule has 1 aliphatic carbocycles. The zero-order valence-corrected chi connectivity index (χ0v) is 42.9. The van der Waals surface area contributed by atoms with Gasteiger partial charge in [-0.2, -0.15) is 49.6 Å². The van der Waals surface area contributed by atoms with Crippen molar-refractivity contribution < 1.29 is 90.1 Å². The maximum absolute atomic E-state index is 15.8. The van der Waals surface area contributed by atoms with Crippen LogP contribution in [0, 0.1) is 17.6 Å². The second-order valence-corrected chi connectivity index (χ2v) is 23.6. The van der Waals surface area contributed by atoms with Crippen molar-refractivity contribution in [2.24, 2.45) is 5.92 Å². The quantitative estimate of drug-likeness (QED) is 0.0709. The number of pyridine rings is 1. The third-order valence-corrected chi connectivity index (χ3v) is 16.2. The number of aryl methyl sites for hydroxylation is 1. The van der Waals surface area contributed by atoms with E-state index < -0.39 is 179 Å².